The van der Waals surface area contributed by atoms with Crippen LogP contribution in [0, 0.1) is 0 Å². The number of carbonyl (C=O) groups is 2. The summed E-state index contributed by atoms with van der Waals surface area (Å²) in [5, 5.41) is 5.19. The van der Waals surface area contributed by atoms with Crippen molar-refractivity contribution in [1.29, 1.82) is 0 Å². The molecule has 0 unspecified atom stereocenters. The fraction of sp³-hybridized carbons (Fsp3) is 0.810. The summed E-state index contributed by atoms with van der Waals surface area (Å²) in [6, 6.07) is 1.22. The minimum atomic E-state index is -0.133. The molecule has 5 nitrogen and oxygen atoms in total. The summed E-state index contributed by atoms with van der Waals surface area (Å²) in [6.45, 7) is 7.46. The van der Waals surface area contributed by atoms with Crippen molar-refractivity contribution in [3.8, 4) is 0 Å². The van der Waals surface area contributed by atoms with Gasteiger partial charge in [-0.3, -0.25) is 9.59 Å². The van der Waals surface area contributed by atoms with Gasteiger partial charge in [-0.2, -0.15) is 0 Å². The van der Waals surface area contributed by atoms with E-state index in [0.717, 1.165) is 18.9 Å². The van der Waals surface area contributed by atoms with Crippen molar-refractivity contribution in [2.24, 2.45) is 0 Å². The Morgan fingerprint density at radius 2 is 1.54 bits per heavy atom. The molecule has 0 heterocycles. The topological polar surface area (TPSA) is 61.4 Å². The van der Waals surface area contributed by atoms with E-state index in [1.54, 1.807) is 0 Å². The van der Waals surface area contributed by atoms with Crippen LogP contribution in [0.15, 0.2) is 12.3 Å². The average molecular weight is 368 g/mol. The first-order valence-corrected chi connectivity index (χ1v) is 10.5. The molecular weight excluding hydrogens is 326 g/mol. The molecule has 0 atom stereocenters. The third-order valence-corrected chi connectivity index (χ3v) is 5.05. The van der Waals surface area contributed by atoms with Gasteiger partial charge in [-0.15, -0.1) is 0 Å². The Bertz CT molecular complexity index is 373. The van der Waals surface area contributed by atoms with Crippen molar-refractivity contribution in [2.75, 3.05) is 13.6 Å². The Labute approximate surface area is 161 Å². The first-order chi connectivity index (χ1) is 12.7. The minimum absolute atomic E-state index is 0.133. The lowest BCUT2D eigenvalue weighted by Crippen LogP contribution is -2.35. The van der Waals surface area contributed by atoms with E-state index in [4.69, 9.17) is 0 Å². The van der Waals surface area contributed by atoms with E-state index in [1.807, 2.05) is 13.8 Å². The zero-order valence-corrected chi connectivity index (χ0v) is 17.4. The molecule has 0 radical (unpaired) electrons. The van der Waals surface area contributed by atoms with Crippen LogP contribution in [0.1, 0.15) is 85.0 Å². The molecule has 5 heteroatoms. The Kier molecular flexibility index (Phi) is 16.2. The maximum absolute atomic E-state index is 11.2. The first kappa shape index (κ1) is 24.6. The van der Waals surface area contributed by atoms with E-state index in [9.17, 15) is 9.59 Å². The fourth-order valence-corrected chi connectivity index (χ4v) is 3.44. The van der Waals surface area contributed by atoms with Gasteiger partial charge >= 0.3 is 0 Å². The zero-order chi connectivity index (χ0) is 19.6. The SMILES string of the molecule is CC.CCN(C)C1CCCCC1.O=CN/C=C\C(=O)NC1CCCCC1. The zero-order valence-electron chi connectivity index (χ0n) is 17.4. The van der Waals surface area contributed by atoms with Gasteiger partial charge in [0.15, 0.2) is 0 Å². The maximum atomic E-state index is 11.2. The van der Waals surface area contributed by atoms with Crippen molar-refractivity contribution < 1.29 is 9.59 Å². The standard InChI is InChI=1S/C10H16N2O2.C9H19N.C2H6/c13-8-11-7-6-10(14)12-9-4-2-1-3-5-9;1-3-10(2)9-7-5-4-6-8-9;1-2/h6-9H,1-5H2,(H,11,13)(H,12,14);9H,3-8H2,1-2H3;1-2H3/b7-6-;;. The highest BCUT2D eigenvalue weighted by molar-refractivity contribution is 5.87. The Morgan fingerprint density at radius 1 is 1.00 bits per heavy atom. The quantitative estimate of drug-likeness (QED) is 0.551. The maximum Gasteiger partial charge on any atom is 0.245 e. The number of rotatable bonds is 6. The lowest BCUT2D eigenvalue weighted by Gasteiger charge is -2.29. The van der Waals surface area contributed by atoms with Crippen molar-refractivity contribution in [3.63, 3.8) is 0 Å². The van der Waals surface area contributed by atoms with Gasteiger partial charge in [0.2, 0.25) is 12.3 Å². The molecule has 0 saturated heterocycles. The van der Waals surface area contributed by atoms with E-state index in [-0.39, 0.29) is 5.91 Å². The Morgan fingerprint density at radius 3 is 2.04 bits per heavy atom. The Hall–Kier alpha value is -1.36. The van der Waals surface area contributed by atoms with Crippen LogP contribution < -0.4 is 10.6 Å². The second kappa shape index (κ2) is 17.1. The van der Waals surface area contributed by atoms with E-state index in [1.165, 1.54) is 70.2 Å². The van der Waals surface area contributed by atoms with Gasteiger partial charge in [-0.1, -0.05) is 59.3 Å². The minimum Gasteiger partial charge on any atom is -0.350 e. The van der Waals surface area contributed by atoms with E-state index >= 15 is 0 Å². The molecule has 2 N–H and O–H groups in total. The third-order valence-electron chi connectivity index (χ3n) is 5.05. The highest BCUT2D eigenvalue weighted by Gasteiger charge is 2.16. The van der Waals surface area contributed by atoms with Crippen LogP contribution in [0.4, 0.5) is 0 Å². The highest BCUT2D eigenvalue weighted by Crippen LogP contribution is 2.21. The number of carbonyl (C=O) groups excluding carboxylic acids is 2. The lowest BCUT2D eigenvalue weighted by molar-refractivity contribution is -0.117. The van der Waals surface area contributed by atoms with Crippen molar-refractivity contribution in [3.05, 3.63) is 12.3 Å². The van der Waals surface area contributed by atoms with Crippen LogP contribution in [0.25, 0.3) is 0 Å². The van der Waals surface area contributed by atoms with Crippen molar-refractivity contribution in [1.82, 2.24) is 15.5 Å². The molecule has 0 aliphatic heterocycles. The summed E-state index contributed by atoms with van der Waals surface area (Å²) in [6.07, 6.45) is 16.3. The third kappa shape index (κ3) is 12.1. The summed E-state index contributed by atoms with van der Waals surface area (Å²) < 4.78 is 0. The smallest absolute Gasteiger partial charge is 0.245 e. The van der Waals surface area contributed by atoms with Crippen LogP contribution in [-0.4, -0.2) is 42.9 Å². The molecule has 2 aliphatic carbocycles. The number of hydrogen-bond acceptors (Lipinski definition) is 3. The van der Waals surface area contributed by atoms with Crippen molar-refractivity contribution >= 4 is 12.3 Å². The largest absolute Gasteiger partial charge is 0.350 e. The molecule has 0 aromatic carbocycles. The van der Waals surface area contributed by atoms with Gasteiger partial charge in [-0.25, -0.2) is 0 Å². The van der Waals surface area contributed by atoms with Crippen LogP contribution in [0.2, 0.25) is 0 Å². The molecule has 0 aromatic rings. The molecule has 0 aromatic heterocycles. The molecule has 0 bridgehead atoms. The molecule has 2 fully saturated rings. The number of nitrogens with one attached hydrogen (secondary N) is 2. The highest BCUT2D eigenvalue weighted by atomic mass is 16.1. The number of nitrogens with zero attached hydrogens (tertiary/aromatic N) is 1. The summed E-state index contributed by atoms with van der Waals surface area (Å²) in [5.74, 6) is -0.133. The predicted octanol–water partition coefficient (Wildman–Crippen LogP) is 3.99. The molecule has 26 heavy (non-hydrogen) atoms. The fourth-order valence-electron chi connectivity index (χ4n) is 3.44. The first-order valence-electron chi connectivity index (χ1n) is 10.5. The van der Waals surface area contributed by atoms with Crippen LogP contribution >= 0.6 is 0 Å². The summed E-state index contributed by atoms with van der Waals surface area (Å²) in [7, 11) is 2.25. The number of hydrogen-bond donors (Lipinski definition) is 2. The predicted molar refractivity (Wildman–Crippen MR) is 110 cm³/mol. The second-order valence-corrected chi connectivity index (χ2v) is 6.83. The normalized spacial score (nSPS) is 18.3. The van der Waals surface area contributed by atoms with Gasteiger partial charge in [0.1, 0.15) is 0 Å². The van der Waals surface area contributed by atoms with Crippen LogP contribution in [0.3, 0.4) is 0 Å². The monoisotopic (exact) mass is 367 g/mol. The molecule has 152 valence electrons. The lowest BCUT2D eigenvalue weighted by atomic mass is 9.95. The van der Waals surface area contributed by atoms with Gasteiger partial charge < -0.3 is 15.5 Å². The van der Waals surface area contributed by atoms with Crippen LogP contribution in [-0.2, 0) is 9.59 Å². The van der Waals surface area contributed by atoms with Crippen LogP contribution in [0.5, 0.6) is 0 Å². The second-order valence-electron chi connectivity index (χ2n) is 6.83. The van der Waals surface area contributed by atoms with Crippen molar-refractivity contribution in [2.45, 2.75) is 97.1 Å². The Balaban J connectivity index is 0.000000458. The molecule has 0 spiro atoms. The van der Waals surface area contributed by atoms with E-state index in [0.29, 0.717) is 12.5 Å². The molecule has 2 rings (SSSR count). The summed E-state index contributed by atoms with van der Waals surface area (Å²) in [5.41, 5.74) is 0. The molecular formula is C21H41N3O2. The molecule has 2 saturated carbocycles. The van der Waals surface area contributed by atoms with Gasteiger partial charge in [0, 0.05) is 24.4 Å². The average Bonchev–Trinajstić information content (AvgIpc) is 2.71. The molecule has 2 aliphatic rings. The summed E-state index contributed by atoms with van der Waals surface area (Å²) >= 11 is 0. The number of amides is 2. The van der Waals surface area contributed by atoms with E-state index < -0.39 is 0 Å². The molecule has 2 amide bonds. The van der Waals surface area contributed by atoms with Gasteiger partial charge in [-0.05, 0) is 39.3 Å². The van der Waals surface area contributed by atoms with E-state index in [2.05, 4.69) is 29.5 Å². The van der Waals surface area contributed by atoms with Gasteiger partial charge in [0.25, 0.3) is 0 Å². The van der Waals surface area contributed by atoms with Gasteiger partial charge in [0.05, 0.1) is 0 Å². The summed E-state index contributed by atoms with van der Waals surface area (Å²) in [4.78, 5) is 23.6.